The number of anilines is 1. The Kier molecular flexibility index (Phi) is 4.67. The van der Waals surface area contributed by atoms with Crippen molar-refractivity contribution in [3.63, 3.8) is 0 Å². The fraction of sp³-hybridized carbons (Fsp3) is 0.182. The van der Waals surface area contributed by atoms with Gasteiger partial charge in [-0.2, -0.15) is 0 Å². The van der Waals surface area contributed by atoms with Gasteiger partial charge in [0.2, 0.25) is 0 Å². The first-order valence-electron chi connectivity index (χ1n) is 8.96. The van der Waals surface area contributed by atoms with Crippen LogP contribution in [0.2, 0.25) is 0 Å². The molecule has 0 bridgehead atoms. The number of hydrogen-bond acceptors (Lipinski definition) is 2. The van der Waals surface area contributed by atoms with E-state index < -0.39 is 27.9 Å². The molecule has 0 saturated heterocycles. The molecule has 0 spiro atoms. The standard InChI is InChI=1S/C22H19F2NO2S/c1-15-6-12-18(13-7-15)28(26,27)25-14-20(19-4-2-3-5-21(19)25)22(24)16-8-10-17(23)11-9-16/h2-13,20,22H,14H2,1H3. The van der Waals surface area contributed by atoms with Gasteiger partial charge < -0.3 is 0 Å². The van der Waals surface area contributed by atoms with E-state index >= 15 is 4.39 Å². The van der Waals surface area contributed by atoms with Gasteiger partial charge in [-0.25, -0.2) is 17.2 Å². The van der Waals surface area contributed by atoms with Gasteiger partial charge in [-0.05, 0) is 48.4 Å². The average molecular weight is 399 g/mol. The lowest BCUT2D eigenvalue weighted by molar-refractivity contribution is 0.297. The number of halogens is 2. The van der Waals surface area contributed by atoms with Crippen molar-refractivity contribution in [1.29, 1.82) is 0 Å². The maximum atomic E-state index is 15.3. The highest BCUT2D eigenvalue weighted by molar-refractivity contribution is 7.92. The van der Waals surface area contributed by atoms with Gasteiger partial charge in [0.1, 0.15) is 12.0 Å². The molecule has 0 N–H and O–H groups in total. The highest BCUT2D eigenvalue weighted by atomic mass is 32.2. The van der Waals surface area contributed by atoms with Crippen LogP contribution in [0, 0.1) is 12.7 Å². The summed E-state index contributed by atoms with van der Waals surface area (Å²) in [5.41, 5.74) is 2.41. The third-order valence-corrected chi connectivity index (χ3v) is 6.91. The molecule has 3 nitrogen and oxygen atoms in total. The predicted molar refractivity (Wildman–Crippen MR) is 105 cm³/mol. The van der Waals surface area contributed by atoms with Crippen LogP contribution >= 0.6 is 0 Å². The van der Waals surface area contributed by atoms with Crippen LogP contribution in [0.1, 0.15) is 28.8 Å². The van der Waals surface area contributed by atoms with Crippen LogP contribution in [0.25, 0.3) is 0 Å². The van der Waals surface area contributed by atoms with Crippen molar-refractivity contribution in [3.8, 4) is 0 Å². The molecule has 4 rings (SSSR count). The number of aryl methyl sites for hydroxylation is 1. The van der Waals surface area contributed by atoms with E-state index in [1.165, 1.54) is 28.6 Å². The summed E-state index contributed by atoms with van der Waals surface area (Å²) in [5.74, 6) is -1.10. The van der Waals surface area contributed by atoms with Crippen molar-refractivity contribution in [1.82, 2.24) is 0 Å². The highest BCUT2D eigenvalue weighted by Gasteiger charge is 2.40. The third kappa shape index (κ3) is 3.18. The van der Waals surface area contributed by atoms with Gasteiger partial charge in [0.15, 0.2) is 0 Å². The Hall–Kier alpha value is -2.73. The molecule has 1 aliphatic heterocycles. The first-order valence-corrected chi connectivity index (χ1v) is 10.4. The van der Waals surface area contributed by atoms with Gasteiger partial charge in [-0.3, -0.25) is 4.31 Å². The normalized spacial score (nSPS) is 17.4. The molecule has 1 heterocycles. The van der Waals surface area contributed by atoms with Gasteiger partial charge in [0, 0.05) is 12.5 Å². The second kappa shape index (κ2) is 7.02. The fourth-order valence-electron chi connectivity index (χ4n) is 3.60. The van der Waals surface area contributed by atoms with Crippen molar-refractivity contribution in [2.24, 2.45) is 0 Å². The van der Waals surface area contributed by atoms with E-state index in [4.69, 9.17) is 0 Å². The monoisotopic (exact) mass is 399 g/mol. The van der Waals surface area contributed by atoms with E-state index in [9.17, 15) is 12.8 Å². The highest BCUT2D eigenvalue weighted by Crippen LogP contribution is 2.46. The molecular weight excluding hydrogens is 380 g/mol. The number of fused-ring (bicyclic) bond motifs is 1. The zero-order chi connectivity index (χ0) is 19.9. The molecule has 2 unspecified atom stereocenters. The Morgan fingerprint density at radius 2 is 1.61 bits per heavy atom. The lowest BCUT2D eigenvalue weighted by Crippen LogP contribution is -2.30. The summed E-state index contributed by atoms with van der Waals surface area (Å²) in [6, 6.07) is 18.8. The predicted octanol–water partition coefficient (Wildman–Crippen LogP) is 5.14. The van der Waals surface area contributed by atoms with Crippen molar-refractivity contribution < 1.29 is 17.2 Å². The van der Waals surface area contributed by atoms with Gasteiger partial charge >= 0.3 is 0 Å². The average Bonchev–Trinajstić information content (AvgIpc) is 3.09. The Balaban J connectivity index is 1.73. The third-order valence-electron chi connectivity index (χ3n) is 5.12. The second-order valence-electron chi connectivity index (χ2n) is 6.97. The van der Waals surface area contributed by atoms with Crippen LogP contribution in [0.5, 0.6) is 0 Å². The molecule has 144 valence electrons. The molecule has 0 amide bonds. The molecule has 0 saturated carbocycles. The van der Waals surface area contributed by atoms with Crippen LogP contribution in [-0.4, -0.2) is 15.0 Å². The summed E-state index contributed by atoms with van der Waals surface area (Å²) in [6.45, 7) is 1.88. The summed E-state index contributed by atoms with van der Waals surface area (Å²) < 4.78 is 56.2. The van der Waals surface area contributed by atoms with E-state index in [1.807, 2.05) is 6.92 Å². The Morgan fingerprint density at radius 1 is 0.964 bits per heavy atom. The number of hydrogen-bond donors (Lipinski definition) is 0. The molecule has 28 heavy (non-hydrogen) atoms. The Bertz CT molecular complexity index is 1100. The van der Waals surface area contributed by atoms with Crippen LogP contribution in [0.15, 0.2) is 77.7 Å². The summed E-state index contributed by atoms with van der Waals surface area (Å²) in [4.78, 5) is 0.172. The minimum atomic E-state index is -3.82. The first kappa shape index (κ1) is 18.6. The van der Waals surface area contributed by atoms with Crippen molar-refractivity contribution >= 4 is 15.7 Å². The Labute approximate surface area is 163 Å². The van der Waals surface area contributed by atoms with E-state index in [0.29, 0.717) is 16.8 Å². The second-order valence-corrected chi connectivity index (χ2v) is 8.83. The van der Waals surface area contributed by atoms with Crippen molar-refractivity contribution in [2.75, 3.05) is 10.8 Å². The molecule has 0 radical (unpaired) electrons. The first-order chi connectivity index (χ1) is 13.4. The fourth-order valence-corrected chi connectivity index (χ4v) is 5.11. The number of para-hydroxylation sites is 1. The summed E-state index contributed by atoms with van der Waals surface area (Å²) in [6.07, 6.45) is -1.44. The minimum Gasteiger partial charge on any atom is -0.265 e. The molecule has 0 aliphatic carbocycles. The van der Waals surface area contributed by atoms with Crippen LogP contribution in [0.3, 0.4) is 0 Å². The largest absolute Gasteiger partial charge is 0.265 e. The van der Waals surface area contributed by atoms with Gasteiger partial charge in [-0.15, -0.1) is 0 Å². The molecule has 1 aliphatic rings. The van der Waals surface area contributed by atoms with Crippen LogP contribution < -0.4 is 4.31 Å². The lowest BCUT2D eigenvalue weighted by Gasteiger charge is -2.21. The van der Waals surface area contributed by atoms with E-state index in [1.54, 1.807) is 48.5 Å². The number of nitrogens with zero attached hydrogens (tertiary/aromatic N) is 1. The van der Waals surface area contributed by atoms with Crippen molar-refractivity contribution in [3.05, 3.63) is 95.3 Å². The van der Waals surface area contributed by atoms with Gasteiger partial charge in [0.25, 0.3) is 10.0 Å². The SMILES string of the molecule is Cc1ccc(S(=O)(=O)N2CC(C(F)c3ccc(F)cc3)c3ccccc32)cc1. The van der Waals surface area contributed by atoms with E-state index in [-0.39, 0.29) is 11.4 Å². The van der Waals surface area contributed by atoms with E-state index in [2.05, 4.69) is 0 Å². The van der Waals surface area contributed by atoms with Crippen LogP contribution in [-0.2, 0) is 10.0 Å². The minimum absolute atomic E-state index is 0.00585. The maximum absolute atomic E-state index is 15.3. The van der Waals surface area contributed by atoms with Crippen LogP contribution in [0.4, 0.5) is 14.5 Å². The molecule has 3 aromatic rings. The lowest BCUT2D eigenvalue weighted by atomic mass is 9.92. The molecule has 0 aromatic heterocycles. The number of benzene rings is 3. The molecular formula is C22H19F2NO2S. The molecule has 2 atom stereocenters. The van der Waals surface area contributed by atoms with Gasteiger partial charge in [0.05, 0.1) is 10.6 Å². The number of alkyl halides is 1. The van der Waals surface area contributed by atoms with Gasteiger partial charge in [-0.1, -0.05) is 48.0 Å². The smallest absolute Gasteiger partial charge is 0.264 e. The van der Waals surface area contributed by atoms with E-state index in [0.717, 1.165) is 5.56 Å². The zero-order valence-electron chi connectivity index (χ0n) is 15.2. The number of sulfonamides is 1. The maximum Gasteiger partial charge on any atom is 0.264 e. The number of rotatable bonds is 4. The molecule has 3 aromatic carbocycles. The Morgan fingerprint density at radius 3 is 2.29 bits per heavy atom. The van der Waals surface area contributed by atoms with Crippen molar-refractivity contribution in [2.45, 2.75) is 23.9 Å². The quantitative estimate of drug-likeness (QED) is 0.609. The topological polar surface area (TPSA) is 37.4 Å². The molecule has 0 fully saturated rings. The summed E-state index contributed by atoms with van der Waals surface area (Å²) in [7, 11) is -3.82. The summed E-state index contributed by atoms with van der Waals surface area (Å²) >= 11 is 0. The molecule has 6 heteroatoms. The summed E-state index contributed by atoms with van der Waals surface area (Å²) in [5, 5.41) is 0. The zero-order valence-corrected chi connectivity index (χ0v) is 16.0.